The molecule has 0 radical (unpaired) electrons. The van der Waals surface area contributed by atoms with Gasteiger partial charge in [0, 0.05) is 18.7 Å². The minimum Gasteiger partial charge on any atom is -0.490 e. The highest BCUT2D eigenvalue weighted by Gasteiger charge is 2.34. The van der Waals surface area contributed by atoms with Gasteiger partial charge in [-0.1, -0.05) is 6.08 Å². The Bertz CT molecular complexity index is 863. The van der Waals surface area contributed by atoms with Crippen LogP contribution in [-0.4, -0.2) is 56.5 Å². The van der Waals surface area contributed by atoms with E-state index < -0.39 is 9.84 Å². The maximum atomic E-state index is 12.7. The van der Waals surface area contributed by atoms with E-state index in [2.05, 4.69) is 22.5 Å². The van der Waals surface area contributed by atoms with Crippen LogP contribution < -0.4 is 9.47 Å². The Labute approximate surface area is 167 Å². The molecule has 146 valence electrons. The van der Waals surface area contributed by atoms with E-state index in [4.69, 9.17) is 14.7 Å². The number of amides is 1. The number of nitrogens with zero attached hydrogens (tertiary/aromatic N) is 2. The number of benzene rings is 1. The summed E-state index contributed by atoms with van der Waals surface area (Å²) in [6.45, 7) is 5.77. The van der Waals surface area contributed by atoms with Crippen LogP contribution >= 0.6 is 15.9 Å². The van der Waals surface area contributed by atoms with Crippen molar-refractivity contribution in [2.45, 2.75) is 19.4 Å². The fraction of sp³-hybridized carbons (Fsp3) is 0.444. The lowest BCUT2D eigenvalue weighted by Crippen LogP contribution is -2.43. The third-order valence-corrected chi connectivity index (χ3v) is 6.41. The zero-order valence-electron chi connectivity index (χ0n) is 15.0. The molecule has 1 aromatic rings. The number of rotatable bonds is 8. The zero-order valence-corrected chi connectivity index (χ0v) is 17.4. The lowest BCUT2D eigenvalue weighted by Gasteiger charge is -2.27. The lowest BCUT2D eigenvalue weighted by molar-refractivity contribution is -0.134. The molecule has 0 saturated carbocycles. The Morgan fingerprint density at radius 2 is 2.22 bits per heavy atom. The first kappa shape index (κ1) is 21.3. The quantitative estimate of drug-likeness (QED) is 0.556. The average molecular weight is 457 g/mol. The molecule has 2 rings (SSSR count). The molecule has 1 saturated heterocycles. The fourth-order valence-corrected chi connectivity index (χ4v) is 5.15. The number of halogens is 1. The Hall–Kier alpha value is -2.05. The molecule has 27 heavy (non-hydrogen) atoms. The predicted octanol–water partition coefficient (Wildman–Crippen LogP) is 2.30. The van der Waals surface area contributed by atoms with Crippen molar-refractivity contribution in [2.75, 3.05) is 31.3 Å². The van der Waals surface area contributed by atoms with E-state index in [0.29, 0.717) is 34.6 Å². The number of sulfone groups is 1. The number of hydrogen-bond acceptors (Lipinski definition) is 6. The van der Waals surface area contributed by atoms with Gasteiger partial charge in [-0.2, -0.15) is 5.26 Å². The normalized spacial score (nSPS) is 17.7. The minimum atomic E-state index is -3.12. The first-order valence-electron chi connectivity index (χ1n) is 8.41. The highest BCUT2D eigenvalue weighted by atomic mass is 79.9. The summed E-state index contributed by atoms with van der Waals surface area (Å²) < 4.78 is 35.1. The molecule has 0 N–H and O–H groups in total. The van der Waals surface area contributed by atoms with Gasteiger partial charge < -0.3 is 14.4 Å². The summed E-state index contributed by atoms with van der Waals surface area (Å²) >= 11 is 3.33. The van der Waals surface area contributed by atoms with Crippen molar-refractivity contribution < 1.29 is 22.7 Å². The summed E-state index contributed by atoms with van der Waals surface area (Å²) in [5.74, 6) is 0.374. The monoisotopic (exact) mass is 456 g/mol. The van der Waals surface area contributed by atoms with Crippen LogP contribution in [0.3, 0.4) is 0 Å². The number of carbonyl (C=O) groups excluding carboxylic acids is 1. The first-order valence-corrected chi connectivity index (χ1v) is 11.0. The van der Waals surface area contributed by atoms with Crippen molar-refractivity contribution in [2.24, 2.45) is 0 Å². The molecular weight excluding hydrogens is 436 g/mol. The highest BCUT2D eigenvalue weighted by Crippen LogP contribution is 2.36. The Kier molecular flexibility index (Phi) is 7.27. The predicted molar refractivity (Wildman–Crippen MR) is 104 cm³/mol. The number of carbonyl (C=O) groups is 1. The average Bonchev–Trinajstić information content (AvgIpc) is 2.98. The van der Waals surface area contributed by atoms with E-state index in [9.17, 15) is 13.2 Å². The van der Waals surface area contributed by atoms with Crippen molar-refractivity contribution in [3.05, 3.63) is 34.8 Å². The van der Waals surface area contributed by atoms with Crippen LogP contribution in [0, 0.1) is 11.3 Å². The molecule has 0 bridgehead atoms. The standard InChI is InChI=1S/C18H21BrN2O5S/c1-3-6-21(14-5-7-27(23,24)12-14)17(22)11-26-18-15(19)8-13(10-20)9-16(18)25-4-2/h3,8-9,14H,1,4-7,11-12H2,2H3. The van der Waals surface area contributed by atoms with Crippen molar-refractivity contribution in [1.29, 1.82) is 5.26 Å². The second-order valence-electron chi connectivity index (χ2n) is 6.01. The summed E-state index contributed by atoms with van der Waals surface area (Å²) in [7, 11) is -3.12. The third kappa shape index (κ3) is 5.47. The van der Waals surface area contributed by atoms with Crippen molar-refractivity contribution in [1.82, 2.24) is 4.90 Å². The molecule has 1 atom stereocenters. The molecule has 1 aliphatic heterocycles. The van der Waals surface area contributed by atoms with Gasteiger partial charge in [-0.25, -0.2) is 8.42 Å². The van der Waals surface area contributed by atoms with Crippen LogP contribution in [0.2, 0.25) is 0 Å². The Balaban J connectivity index is 2.15. The maximum Gasteiger partial charge on any atom is 0.261 e. The highest BCUT2D eigenvalue weighted by molar-refractivity contribution is 9.10. The molecule has 0 aromatic heterocycles. The van der Waals surface area contributed by atoms with Gasteiger partial charge in [-0.05, 0) is 35.3 Å². The molecule has 1 heterocycles. The molecule has 9 heteroatoms. The number of nitriles is 1. The van der Waals surface area contributed by atoms with Gasteiger partial charge in [0.25, 0.3) is 5.91 Å². The molecule has 7 nitrogen and oxygen atoms in total. The molecule has 0 aliphatic carbocycles. The van der Waals surface area contributed by atoms with Crippen LogP contribution in [0.4, 0.5) is 0 Å². The van der Waals surface area contributed by atoms with E-state index >= 15 is 0 Å². The second kappa shape index (κ2) is 9.24. The molecule has 1 unspecified atom stereocenters. The summed E-state index contributed by atoms with van der Waals surface area (Å²) in [6.07, 6.45) is 1.97. The van der Waals surface area contributed by atoms with Crippen molar-refractivity contribution in [3.63, 3.8) is 0 Å². The number of ether oxygens (including phenoxy) is 2. The maximum absolute atomic E-state index is 12.7. The molecule has 0 spiro atoms. The summed E-state index contributed by atoms with van der Waals surface area (Å²) in [5, 5.41) is 9.07. The topological polar surface area (TPSA) is 96.7 Å². The molecular formula is C18H21BrN2O5S. The van der Waals surface area contributed by atoms with E-state index in [1.54, 1.807) is 25.1 Å². The van der Waals surface area contributed by atoms with E-state index in [-0.39, 0.29) is 36.6 Å². The summed E-state index contributed by atoms with van der Waals surface area (Å²) in [6, 6.07) is 4.77. The number of hydrogen-bond donors (Lipinski definition) is 0. The van der Waals surface area contributed by atoms with E-state index in [1.165, 1.54) is 4.90 Å². The van der Waals surface area contributed by atoms with Crippen LogP contribution in [0.5, 0.6) is 11.5 Å². The van der Waals surface area contributed by atoms with Crippen LogP contribution in [0.25, 0.3) is 0 Å². The van der Waals surface area contributed by atoms with E-state index in [1.807, 2.05) is 6.07 Å². The Morgan fingerprint density at radius 1 is 1.48 bits per heavy atom. The van der Waals surface area contributed by atoms with Gasteiger partial charge in [0.2, 0.25) is 0 Å². The smallest absolute Gasteiger partial charge is 0.261 e. The van der Waals surface area contributed by atoms with Gasteiger partial charge in [-0.15, -0.1) is 6.58 Å². The molecule has 1 aliphatic rings. The lowest BCUT2D eigenvalue weighted by atomic mass is 10.2. The summed E-state index contributed by atoms with van der Waals surface area (Å²) in [4.78, 5) is 14.1. The van der Waals surface area contributed by atoms with Crippen molar-refractivity contribution >= 4 is 31.7 Å². The van der Waals surface area contributed by atoms with Gasteiger partial charge >= 0.3 is 0 Å². The first-order chi connectivity index (χ1) is 12.8. The van der Waals surface area contributed by atoms with Gasteiger partial charge in [0.1, 0.15) is 0 Å². The molecule has 1 aromatic carbocycles. The van der Waals surface area contributed by atoms with Crippen LogP contribution in [0.15, 0.2) is 29.3 Å². The van der Waals surface area contributed by atoms with Crippen LogP contribution in [-0.2, 0) is 14.6 Å². The summed E-state index contributed by atoms with van der Waals surface area (Å²) in [5.41, 5.74) is 0.397. The van der Waals surface area contributed by atoms with Crippen LogP contribution in [0.1, 0.15) is 18.9 Å². The third-order valence-electron chi connectivity index (χ3n) is 4.07. The van der Waals surface area contributed by atoms with Gasteiger partial charge in [-0.3, -0.25) is 4.79 Å². The SMILES string of the molecule is C=CCN(C(=O)COc1c(Br)cc(C#N)cc1OCC)C1CCS(=O)(=O)C1. The molecule has 1 amide bonds. The Morgan fingerprint density at radius 3 is 2.78 bits per heavy atom. The van der Waals surface area contributed by atoms with Gasteiger partial charge in [0.15, 0.2) is 27.9 Å². The van der Waals surface area contributed by atoms with Gasteiger partial charge in [0.05, 0.1) is 34.2 Å². The molecule has 1 fully saturated rings. The fourth-order valence-electron chi connectivity index (χ4n) is 2.87. The van der Waals surface area contributed by atoms with Crippen molar-refractivity contribution in [3.8, 4) is 17.6 Å². The zero-order chi connectivity index (χ0) is 20.0. The minimum absolute atomic E-state index is 0.0443. The largest absolute Gasteiger partial charge is 0.490 e. The van der Waals surface area contributed by atoms with E-state index in [0.717, 1.165) is 0 Å². The second-order valence-corrected chi connectivity index (χ2v) is 9.09.